The number of benzene rings is 2. The van der Waals surface area contributed by atoms with Gasteiger partial charge in [-0.05, 0) is 24.3 Å². The van der Waals surface area contributed by atoms with Crippen LogP contribution in [-0.2, 0) is 0 Å². The highest BCUT2D eigenvalue weighted by atomic mass is 19.2. The minimum atomic E-state index is -1.60. The van der Waals surface area contributed by atoms with Crippen LogP contribution >= 0.6 is 0 Å². The molecule has 1 aromatic heterocycles. The van der Waals surface area contributed by atoms with E-state index in [4.69, 9.17) is 4.74 Å². The fourth-order valence-electron chi connectivity index (χ4n) is 2.20. The molecule has 0 atom stereocenters. The molecule has 0 bridgehead atoms. The van der Waals surface area contributed by atoms with Crippen LogP contribution in [0.3, 0.4) is 0 Å². The Morgan fingerprint density at radius 1 is 0.963 bits per heavy atom. The Hall–Kier alpha value is -3.62. The predicted octanol–water partition coefficient (Wildman–Crippen LogP) is 3.90. The molecule has 9 heteroatoms. The van der Waals surface area contributed by atoms with Gasteiger partial charge in [0.05, 0.1) is 30.9 Å². The third kappa shape index (κ3) is 3.97. The Labute approximate surface area is 152 Å². The molecule has 0 unspecified atom stereocenters. The average molecular weight is 374 g/mol. The molecule has 0 saturated heterocycles. The lowest BCUT2D eigenvalue weighted by Crippen LogP contribution is -2.15. The number of anilines is 3. The van der Waals surface area contributed by atoms with Gasteiger partial charge < -0.3 is 15.4 Å². The van der Waals surface area contributed by atoms with E-state index < -0.39 is 23.4 Å². The lowest BCUT2D eigenvalue weighted by Gasteiger charge is -2.10. The Balaban J connectivity index is 1.73. The molecule has 2 N–H and O–H groups in total. The molecule has 0 saturated carbocycles. The summed E-state index contributed by atoms with van der Waals surface area (Å²) in [5.41, 5.74) is 0.143. The van der Waals surface area contributed by atoms with Crippen LogP contribution in [-0.4, -0.2) is 23.0 Å². The monoisotopic (exact) mass is 374 g/mol. The number of para-hydroxylation sites is 2. The molecule has 1 amide bonds. The van der Waals surface area contributed by atoms with Crippen LogP contribution < -0.4 is 15.4 Å². The van der Waals surface area contributed by atoms with E-state index in [0.717, 1.165) is 24.5 Å². The van der Waals surface area contributed by atoms with Gasteiger partial charge in [0, 0.05) is 0 Å². The van der Waals surface area contributed by atoms with Crippen LogP contribution in [0.2, 0.25) is 0 Å². The van der Waals surface area contributed by atoms with E-state index in [0.29, 0.717) is 11.4 Å². The highest BCUT2D eigenvalue weighted by Crippen LogP contribution is 2.24. The summed E-state index contributed by atoms with van der Waals surface area (Å²) in [6, 6.07) is 8.64. The number of carbonyl (C=O) groups is 1. The molecule has 3 aromatic rings. The molecular weight excluding hydrogens is 361 g/mol. The van der Waals surface area contributed by atoms with Crippen molar-refractivity contribution >= 4 is 23.1 Å². The van der Waals surface area contributed by atoms with E-state index in [-0.39, 0.29) is 17.2 Å². The molecule has 27 heavy (non-hydrogen) atoms. The number of hydrogen-bond donors (Lipinski definition) is 2. The number of methoxy groups -OCH3 is 1. The number of carbonyl (C=O) groups excluding carboxylic acids is 1. The minimum Gasteiger partial charge on any atom is -0.495 e. The second-order valence-corrected chi connectivity index (χ2v) is 5.29. The lowest BCUT2D eigenvalue weighted by atomic mass is 10.2. The molecule has 2 aromatic carbocycles. The third-order valence-electron chi connectivity index (χ3n) is 3.54. The minimum absolute atomic E-state index is 0.00258. The molecule has 1 heterocycles. The zero-order valence-corrected chi connectivity index (χ0v) is 14.0. The van der Waals surface area contributed by atoms with Gasteiger partial charge >= 0.3 is 0 Å². The van der Waals surface area contributed by atoms with E-state index in [9.17, 15) is 18.0 Å². The van der Waals surface area contributed by atoms with Crippen LogP contribution in [0, 0.1) is 17.5 Å². The smallest absolute Gasteiger partial charge is 0.275 e. The van der Waals surface area contributed by atoms with Gasteiger partial charge in [0.15, 0.2) is 17.5 Å². The van der Waals surface area contributed by atoms with Gasteiger partial charge in [0.1, 0.15) is 17.3 Å². The number of nitrogens with one attached hydrogen (secondary N) is 2. The highest BCUT2D eigenvalue weighted by molar-refractivity contribution is 6.03. The van der Waals surface area contributed by atoms with Crippen molar-refractivity contribution in [1.29, 1.82) is 0 Å². The van der Waals surface area contributed by atoms with E-state index >= 15 is 0 Å². The van der Waals surface area contributed by atoms with Crippen molar-refractivity contribution in [1.82, 2.24) is 9.97 Å². The Bertz CT molecular complexity index is 981. The molecule has 0 spiro atoms. The summed E-state index contributed by atoms with van der Waals surface area (Å²) < 4.78 is 45.0. The van der Waals surface area contributed by atoms with Crippen LogP contribution in [0.1, 0.15) is 10.5 Å². The van der Waals surface area contributed by atoms with Crippen LogP contribution in [0.15, 0.2) is 48.8 Å². The largest absolute Gasteiger partial charge is 0.495 e. The summed E-state index contributed by atoms with van der Waals surface area (Å²) >= 11 is 0. The summed E-state index contributed by atoms with van der Waals surface area (Å²) in [5, 5.41) is 5.10. The number of hydrogen-bond acceptors (Lipinski definition) is 5. The Kier molecular flexibility index (Phi) is 5.20. The van der Waals surface area contributed by atoms with Gasteiger partial charge in [0.2, 0.25) is 0 Å². The van der Waals surface area contributed by atoms with Crippen molar-refractivity contribution in [2.45, 2.75) is 0 Å². The van der Waals surface area contributed by atoms with Crippen molar-refractivity contribution in [2.24, 2.45) is 0 Å². The van der Waals surface area contributed by atoms with Crippen molar-refractivity contribution in [3.63, 3.8) is 0 Å². The van der Waals surface area contributed by atoms with Crippen molar-refractivity contribution in [2.75, 3.05) is 17.7 Å². The molecule has 6 nitrogen and oxygen atoms in total. The first-order valence-corrected chi connectivity index (χ1v) is 7.66. The van der Waals surface area contributed by atoms with E-state index in [1.807, 2.05) is 0 Å². The maximum atomic E-state index is 13.7. The molecule has 0 radical (unpaired) electrons. The molecular formula is C18H13F3N4O2. The number of ether oxygens (including phenoxy) is 1. The van der Waals surface area contributed by atoms with Gasteiger partial charge in [-0.2, -0.15) is 0 Å². The summed E-state index contributed by atoms with van der Waals surface area (Å²) in [6.45, 7) is 0. The van der Waals surface area contributed by atoms with Gasteiger partial charge in [-0.15, -0.1) is 0 Å². The summed E-state index contributed by atoms with van der Waals surface area (Å²) in [4.78, 5) is 20.1. The summed E-state index contributed by atoms with van der Waals surface area (Å²) in [7, 11) is 1.47. The van der Waals surface area contributed by atoms with E-state index in [1.165, 1.54) is 7.11 Å². The first-order chi connectivity index (χ1) is 13.0. The zero-order chi connectivity index (χ0) is 19.4. The van der Waals surface area contributed by atoms with Crippen molar-refractivity contribution in [3.05, 3.63) is 71.9 Å². The third-order valence-corrected chi connectivity index (χ3v) is 3.54. The summed E-state index contributed by atoms with van der Waals surface area (Å²) in [6.07, 6.45) is 2.32. The number of rotatable bonds is 5. The molecule has 0 aliphatic heterocycles. The number of halogens is 3. The fourth-order valence-corrected chi connectivity index (χ4v) is 2.20. The zero-order valence-electron chi connectivity index (χ0n) is 14.0. The van der Waals surface area contributed by atoms with Crippen molar-refractivity contribution in [3.8, 4) is 5.75 Å². The standard InChI is InChI=1S/C18H13F3N4O2/c1-27-14-5-3-2-4-11(14)25-18(26)13-8-23-15(9-22-13)24-12-7-6-10(19)16(20)17(12)21/h2-9H,1H3,(H,23,24)(H,25,26). The van der Waals surface area contributed by atoms with E-state index in [1.54, 1.807) is 24.3 Å². The second-order valence-electron chi connectivity index (χ2n) is 5.29. The molecule has 0 fully saturated rings. The maximum absolute atomic E-state index is 13.7. The number of amides is 1. The molecule has 3 rings (SSSR count). The SMILES string of the molecule is COc1ccccc1NC(=O)c1cnc(Nc2ccc(F)c(F)c2F)cn1. The molecule has 0 aliphatic rings. The van der Waals surface area contributed by atoms with Gasteiger partial charge in [-0.1, -0.05) is 12.1 Å². The fraction of sp³-hybridized carbons (Fsp3) is 0.0556. The van der Waals surface area contributed by atoms with Gasteiger partial charge in [-0.3, -0.25) is 4.79 Å². The topological polar surface area (TPSA) is 76.1 Å². The maximum Gasteiger partial charge on any atom is 0.275 e. The van der Waals surface area contributed by atoms with Crippen LogP contribution in [0.5, 0.6) is 5.75 Å². The molecule has 138 valence electrons. The van der Waals surface area contributed by atoms with Crippen molar-refractivity contribution < 1.29 is 22.7 Å². The predicted molar refractivity (Wildman–Crippen MR) is 92.6 cm³/mol. The second kappa shape index (κ2) is 7.73. The van der Waals surface area contributed by atoms with Crippen LogP contribution in [0.25, 0.3) is 0 Å². The van der Waals surface area contributed by atoms with Gasteiger partial charge in [0.25, 0.3) is 5.91 Å². The number of nitrogens with zero attached hydrogens (tertiary/aromatic N) is 2. The first-order valence-electron chi connectivity index (χ1n) is 7.66. The average Bonchev–Trinajstić information content (AvgIpc) is 2.69. The number of aromatic nitrogens is 2. The Morgan fingerprint density at radius 3 is 2.44 bits per heavy atom. The molecule has 0 aliphatic carbocycles. The van der Waals surface area contributed by atoms with Crippen LogP contribution in [0.4, 0.5) is 30.4 Å². The quantitative estimate of drug-likeness (QED) is 0.663. The summed E-state index contributed by atoms with van der Waals surface area (Å²) in [5.74, 6) is -4.28. The lowest BCUT2D eigenvalue weighted by molar-refractivity contribution is 0.102. The highest BCUT2D eigenvalue weighted by Gasteiger charge is 2.15. The Morgan fingerprint density at radius 2 is 1.74 bits per heavy atom. The first kappa shape index (κ1) is 18.2. The van der Waals surface area contributed by atoms with Gasteiger partial charge in [-0.25, -0.2) is 23.1 Å². The van der Waals surface area contributed by atoms with E-state index in [2.05, 4.69) is 20.6 Å². The normalized spacial score (nSPS) is 10.4.